The number of nitrogens with zero attached hydrogens (tertiary/aromatic N) is 3. The van der Waals surface area contributed by atoms with Crippen LogP contribution in [0.4, 0.5) is 4.39 Å². The summed E-state index contributed by atoms with van der Waals surface area (Å²) in [5.41, 5.74) is 1.13. The van der Waals surface area contributed by atoms with Crippen LogP contribution in [0, 0.1) is 17.1 Å². The second kappa shape index (κ2) is 8.05. The first-order valence-electron chi connectivity index (χ1n) is 8.49. The molecule has 2 aromatic rings. The zero-order chi connectivity index (χ0) is 19.4. The third-order valence-electron chi connectivity index (χ3n) is 4.55. The van der Waals surface area contributed by atoms with Gasteiger partial charge in [-0.15, -0.1) is 0 Å². The second-order valence-corrected chi connectivity index (χ2v) is 8.23. The summed E-state index contributed by atoms with van der Waals surface area (Å²) in [7, 11) is -2.21. The molecular weight excluding hydrogens is 369 g/mol. The normalized spacial score (nSPS) is 16.0. The third kappa shape index (κ3) is 4.27. The minimum Gasteiger partial charge on any atom is -0.494 e. The van der Waals surface area contributed by atoms with Crippen molar-refractivity contribution in [3.8, 4) is 11.8 Å². The van der Waals surface area contributed by atoms with Gasteiger partial charge >= 0.3 is 0 Å². The molecule has 1 aliphatic heterocycles. The maximum atomic E-state index is 13.8. The highest BCUT2D eigenvalue weighted by atomic mass is 32.2. The van der Waals surface area contributed by atoms with Crippen molar-refractivity contribution in [2.45, 2.75) is 11.4 Å². The Morgan fingerprint density at radius 3 is 2.52 bits per heavy atom. The van der Waals surface area contributed by atoms with E-state index in [4.69, 9.17) is 10.00 Å². The summed E-state index contributed by atoms with van der Waals surface area (Å²) in [6.45, 7) is 2.32. The van der Waals surface area contributed by atoms with Gasteiger partial charge in [-0.05, 0) is 35.9 Å². The summed E-state index contributed by atoms with van der Waals surface area (Å²) in [4.78, 5) is 2.21. The lowest BCUT2D eigenvalue weighted by molar-refractivity contribution is 0.181. The first-order chi connectivity index (χ1) is 12.9. The van der Waals surface area contributed by atoms with Crippen LogP contribution in [-0.4, -0.2) is 50.9 Å². The Hall–Kier alpha value is -2.47. The molecule has 142 valence electrons. The van der Waals surface area contributed by atoms with Crippen LogP contribution in [0.5, 0.6) is 5.75 Å². The Balaban J connectivity index is 1.64. The molecule has 27 heavy (non-hydrogen) atoms. The molecule has 0 radical (unpaired) electrons. The third-order valence-corrected chi connectivity index (χ3v) is 6.45. The SMILES string of the molecule is COc1ccc(CN2CCN(S(=O)(=O)c3cccc(C#N)c3)CC2)cc1F. The number of hydrogen-bond donors (Lipinski definition) is 0. The molecule has 0 spiro atoms. The van der Waals surface area contributed by atoms with Crippen molar-refractivity contribution in [3.63, 3.8) is 0 Å². The van der Waals surface area contributed by atoms with Crippen molar-refractivity contribution in [3.05, 3.63) is 59.4 Å². The van der Waals surface area contributed by atoms with Gasteiger partial charge in [0.2, 0.25) is 10.0 Å². The zero-order valence-corrected chi connectivity index (χ0v) is 15.7. The molecule has 0 bridgehead atoms. The second-order valence-electron chi connectivity index (χ2n) is 6.29. The summed E-state index contributed by atoms with van der Waals surface area (Å²) in [5.74, 6) is -0.206. The molecule has 2 aromatic carbocycles. The Morgan fingerprint density at radius 1 is 1.15 bits per heavy atom. The van der Waals surface area contributed by atoms with Crippen LogP contribution in [0.15, 0.2) is 47.4 Å². The van der Waals surface area contributed by atoms with Crippen LogP contribution in [0.1, 0.15) is 11.1 Å². The van der Waals surface area contributed by atoms with Gasteiger partial charge in [0.05, 0.1) is 23.6 Å². The lowest BCUT2D eigenvalue weighted by Gasteiger charge is -2.34. The van der Waals surface area contributed by atoms with E-state index in [1.807, 2.05) is 6.07 Å². The fourth-order valence-corrected chi connectivity index (χ4v) is 4.54. The molecule has 1 aliphatic rings. The van der Waals surface area contributed by atoms with Crippen molar-refractivity contribution in [1.82, 2.24) is 9.21 Å². The number of rotatable bonds is 5. The Morgan fingerprint density at radius 2 is 1.89 bits per heavy atom. The van der Waals surface area contributed by atoms with E-state index in [0.29, 0.717) is 38.3 Å². The fraction of sp³-hybridized carbons (Fsp3) is 0.316. The van der Waals surface area contributed by atoms with E-state index in [2.05, 4.69) is 4.90 Å². The van der Waals surface area contributed by atoms with Gasteiger partial charge in [0.15, 0.2) is 11.6 Å². The largest absolute Gasteiger partial charge is 0.494 e. The summed E-state index contributed by atoms with van der Waals surface area (Å²) in [6, 6.07) is 12.8. The van der Waals surface area contributed by atoms with Gasteiger partial charge in [-0.2, -0.15) is 9.57 Å². The Labute approximate surface area is 158 Å². The van der Waals surface area contributed by atoms with Gasteiger partial charge in [-0.25, -0.2) is 12.8 Å². The van der Waals surface area contributed by atoms with Gasteiger partial charge in [-0.1, -0.05) is 12.1 Å². The summed E-state index contributed by atoms with van der Waals surface area (Å²) >= 11 is 0. The maximum absolute atomic E-state index is 13.8. The van der Waals surface area contributed by atoms with Crippen molar-refractivity contribution in [2.24, 2.45) is 0 Å². The van der Waals surface area contributed by atoms with Gasteiger partial charge in [0.25, 0.3) is 0 Å². The molecule has 0 aliphatic carbocycles. The minimum atomic E-state index is -3.63. The number of methoxy groups -OCH3 is 1. The summed E-state index contributed by atoms with van der Waals surface area (Å²) in [5, 5.41) is 8.97. The van der Waals surface area contributed by atoms with E-state index in [1.165, 1.54) is 29.6 Å². The molecule has 1 saturated heterocycles. The van der Waals surface area contributed by atoms with E-state index in [9.17, 15) is 12.8 Å². The molecule has 0 saturated carbocycles. The average Bonchev–Trinajstić information content (AvgIpc) is 2.68. The number of halogens is 1. The number of piperazine rings is 1. The van der Waals surface area contributed by atoms with E-state index < -0.39 is 15.8 Å². The number of ether oxygens (including phenoxy) is 1. The maximum Gasteiger partial charge on any atom is 0.243 e. The van der Waals surface area contributed by atoms with Gasteiger partial charge in [0.1, 0.15) is 0 Å². The molecule has 3 rings (SSSR count). The van der Waals surface area contributed by atoms with E-state index in [0.717, 1.165) is 5.56 Å². The molecule has 6 nitrogen and oxygen atoms in total. The van der Waals surface area contributed by atoms with Crippen LogP contribution < -0.4 is 4.74 Å². The first-order valence-corrected chi connectivity index (χ1v) is 9.93. The monoisotopic (exact) mass is 389 g/mol. The lowest BCUT2D eigenvalue weighted by Crippen LogP contribution is -2.48. The highest BCUT2D eigenvalue weighted by Gasteiger charge is 2.28. The number of nitriles is 1. The van der Waals surface area contributed by atoms with Crippen molar-refractivity contribution in [1.29, 1.82) is 5.26 Å². The van der Waals surface area contributed by atoms with Gasteiger partial charge in [0, 0.05) is 32.7 Å². The lowest BCUT2D eigenvalue weighted by atomic mass is 10.2. The first kappa shape index (κ1) is 19.3. The predicted octanol–water partition coefficient (Wildman–Crippen LogP) is 2.21. The van der Waals surface area contributed by atoms with Crippen molar-refractivity contribution in [2.75, 3.05) is 33.3 Å². The molecule has 8 heteroatoms. The summed E-state index contributed by atoms with van der Waals surface area (Å²) in [6.07, 6.45) is 0. The van der Waals surface area contributed by atoms with E-state index >= 15 is 0 Å². The van der Waals surface area contributed by atoms with Crippen LogP contribution in [0.25, 0.3) is 0 Å². The molecule has 1 fully saturated rings. The molecule has 0 N–H and O–H groups in total. The van der Waals surface area contributed by atoms with Crippen LogP contribution in [0.2, 0.25) is 0 Å². The number of benzene rings is 2. The molecule has 0 amide bonds. The standard InChI is InChI=1S/C19H20FN3O3S/c1-26-19-6-5-16(12-18(19)20)14-22-7-9-23(10-8-22)27(24,25)17-4-2-3-15(11-17)13-21/h2-6,11-12H,7-10,14H2,1H3. The Bertz CT molecular complexity index is 964. The van der Waals surface area contributed by atoms with Crippen LogP contribution in [0.3, 0.4) is 0 Å². The molecule has 0 atom stereocenters. The topological polar surface area (TPSA) is 73.6 Å². The number of sulfonamides is 1. The predicted molar refractivity (Wildman–Crippen MR) is 98.1 cm³/mol. The molecule has 0 unspecified atom stereocenters. The summed E-state index contributed by atoms with van der Waals surface area (Å²) < 4.78 is 45.7. The number of hydrogen-bond acceptors (Lipinski definition) is 5. The van der Waals surface area contributed by atoms with Crippen molar-refractivity contribution >= 4 is 10.0 Å². The van der Waals surface area contributed by atoms with Crippen LogP contribution >= 0.6 is 0 Å². The minimum absolute atomic E-state index is 0.132. The molecule has 1 heterocycles. The van der Waals surface area contributed by atoms with E-state index in [1.54, 1.807) is 24.3 Å². The molecule has 0 aromatic heterocycles. The van der Waals surface area contributed by atoms with Gasteiger partial charge < -0.3 is 4.74 Å². The Kier molecular flexibility index (Phi) is 5.75. The highest BCUT2D eigenvalue weighted by Crippen LogP contribution is 2.21. The van der Waals surface area contributed by atoms with E-state index in [-0.39, 0.29) is 10.6 Å². The zero-order valence-electron chi connectivity index (χ0n) is 14.9. The quantitative estimate of drug-likeness (QED) is 0.784. The van der Waals surface area contributed by atoms with Crippen LogP contribution in [-0.2, 0) is 16.6 Å². The van der Waals surface area contributed by atoms with Crippen molar-refractivity contribution < 1.29 is 17.5 Å². The smallest absolute Gasteiger partial charge is 0.243 e. The average molecular weight is 389 g/mol. The highest BCUT2D eigenvalue weighted by molar-refractivity contribution is 7.89. The fourth-order valence-electron chi connectivity index (χ4n) is 3.07. The van der Waals surface area contributed by atoms with Gasteiger partial charge in [-0.3, -0.25) is 4.90 Å². The molecular formula is C19H20FN3O3S.